The lowest BCUT2D eigenvalue weighted by Gasteiger charge is -2.10. The summed E-state index contributed by atoms with van der Waals surface area (Å²) in [5.74, 6) is 0.0438. The normalized spacial score (nSPS) is 11.3. The standard InChI is InChI=1S/C22H18ClN5O4S/c23-18-7-6-17(12-19(18)33(30,31)26-13-15-4-2-1-3-5-15)22(29)25-14-20-27-21(28-32-20)16-8-10-24-11-9-16/h1-12,26H,13-14H2,(H,25,29). The van der Waals surface area contributed by atoms with E-state index in [0.717, 1.165) is 11.1 Å². The molecule has 168 valence electrons. The van der Waals surface area contributed by atoms with Gasteiger partial charge in [0.25, 0.3) is 5.91 Å². The van der Waals surface area contributed by atoms with Crippen LogP contribution in [0.3, 0.4) is 0 Å². The van der Waals surface area contributed by atoms with E-state index in [-0.39, 0.29) is 34.5 Å². The molecule has 0 bridgehead atoms. The van der Waals surface area contributed by atoms with Gasteiger partial charge >= 0.3 is 0 Å². The minimum absolute atomic E-state index is 0.00556. The number of carbonyl (C=O) groups is 1. The molecule has 0 aliphatic carbocycles. The van der Waals surface area contributed by atoms with Crippen LogP contribution in [-0.4, -0.2) is 29.4 Å². The zero-order valence-electron chi connectivity index (χ0n) is 17.1. The molecule has 2 aromatic carbocycles. The van der Waals surface area contributed by atoms with Crippen LogP contribution in [0.4, 0.5) is 0 Å². The van der Waals surface area contributed by atoms with E-state index in [4.69, 9.17) is 16.1 Å². The minimum Gasteiger partial charge on any atom is -0.343 e. The zero-order valence-corrected chi connectivity index (χ0v) is 18.7. The Morgan fingerprint density at radius 2 is 1.76 bits per heavy atom. The maximum absolute atomic E-state index is 12.8. The number of hydrogen-bond acceptors (Lipinski definition) is 7. The number of pyridine rings is 1. The van der Waals surface area contributed by atoms with Crippen LogP contribution in [0.5, 0.6) is 0 Å². The van der Waals surface area contributed by atoms with Crippen molar-refractivity contribution in [2.45, 2.75) is 18.0 Å². The highest BCUT2D eigenvalue weighted by Gasteiger charge is 2.20. The predicted octanol–water partition coefficient (Wildman–Crippen LogP) is 3.19. The first-order chi connectivity index (χ1) is 15.9. The van der Waals surface area contributed by atoms with Crippen LogP contribution in [0.2, 0.25) is 5.02 Å². The molecule has 9 nitrogen and oxygen atoms in total. The van der Waals surface area contributed by atoms with Gasteiger partial charge in [-0.25, -0.2) is 13.1 Å². The lowest BCUT2D eigenvalue weighted by atomic mass is 10.2. The maximum Gasteiger partial charge on any atom is 0.251 e. The van der Waals surface area contributed by atoms with Gasteiger partial charge in [0.2, 0.25) is 21.7 Å². The second-order valence-corrected chi connectivity index (χ2v) is 9.03. The summed E-state index contributed by atoms with van der Waals surface area (Å²) in [6, 6.07) is 16.5. The summed E-state index contributed by atoms with van der Waals surface area (Å²) >= 11 is 6.11. The number of nitrogens with one attached hydrogen (secondary N) is 2. The second kappa shape index (κ2) is 9.90. The number of aromatic nitrogens is 3. The van der Waals surface area contributed by atoms with Gasteiger partial charge in [-0.05, 0) is 35.9 Å². The second-order valence-electron chi connectivity index (χ2n) is 6.89. The third-order valence-corrected chi connectivity index (χ3v) is 6.48. The Hall–Kier alpha value is -3.60. The number of nitrogens with zero attached hydrogens (tertiary/aromatic N) is 3. The van der Waals surface area contributed by atoms with Gasteiger partial charge in [-0.1, -0.05) is 47.1 Å². The molecule has 0 radical (unpaired) electrons. The molecule has 0 saturated carbocycles. The number of sulfonamides is 1. The molecule has 1 amide bonds. The topological polar surface area (TPSA) is 127 Å². The lowest BCUT2D eigenvalue weighted by Crippen LogP contribution is -2.26. The van der Waals surface area contributed by atoms with Gasteiger partial charge in [-0.15, -0.1) is 0 Å². The summed E-state index contributed by atoms with van der Waals surface area (Å²) in [6.07, 6.45) is 3.21. The highest BCUT2D eigenvalue weighted by Crippen LogP contribution is 2.23. The molecule has 0 atom stereocenters. The summed E-state index contributed by atoms with van der Waals surface area (Å²) in [6.45, 7) is 0.0563. The largest absolute Gasteiger partial charge is 0.343 e. The Labute approximate surface area is 194 Å². The first-order valence-electron chi connectivity index (χ1n) is 9.77. The van der Waals surface area contributed by atoms with Crippen molar-refractivity contribution in [1.82, 2.24) is 25.2 Å². The quantitative estimate of drug-likeness (QED) is 0.394. The monoisotopic (exact) mass is 483 g/mol. The summed E-state index contributed by atoms with van der Waals surface area (Å²) in [5.41, 5.74) is 1.63. The lowest BCUT2D eigenvalue weighted by molar-refractivity contribution is 0.0946. The van der Waals surface area contributed by atoms with Crippen molar-refractivity contribution < 1.29 is 17.7 Å². The summed E-state index contributed by atoms with van der Waals surface area (Å²) in [4.78, 5) is 20.6. The zero-order chi connectivity index (χ0) is 23.3. The number of hydrogen-bond donors (Lipinski definition) is 2. The first-order valence-corrected chi connectivity index (χ1v) is 11.6. The first kappa shape index (κ1) is 22.6. The third-order valence-electron chi connectivity index (χ3n) is 4.60. The van der Waals surface area contributed by atoms with Crippen molar-refractivity contribution in [2.24, 2.45) is 0 Å². The Bertz CT molecular complexity index is 1360. The molecule has 2 aromatic heterocycles. The van der Waals surface area contributed by atoms with Crippen molar-refractivity contribution in [3.8, 4) is 11.4 Å². The van der Waals surface area contributed by atoms with Gasteiger partial charge in [0, 0.05) is 30.1 Å². The number of amides is 1. The van der Waals surface area contributed by atoms with Crippen molar-refractivity contribution >= 4 is 27.5 Å². The van der Waals surface area contributed by atoms with E-state index in [2.05, 4.69) is 25.2 Å². The van der Waals surface area contributed by atoms with Gasteiger partial charge in [0.1, 0.15) is 4.90 Å². The van der Waals surface area contributed by atoms with Crippen molar-refractivity contribution in [2.75, 3.05) is 0 Å². The molecular weight excluding hydrogens is 466 g/mol. The van der Waals surface area contributed by atoms with Crippen LogP contribution in [-0.2, 0) is 23.1 Å². The molecule has 0 fully saturated rings. The molecule has 11 heteroatoms. The van der Waals surface area contributed by atoms with Gasteiger partial charge in [-0.2, -0.15) is 4.98 Å². The van der Waals surface area contributed by atoms with E-state index in [9.17, 15) is 13.2 Å². The van der Waals surface area contributed by atoms with Gasteiger partial charge in [0.05, 0.1) is 11.6 Å². The Kier molecular flexibility index (Phi) is 6.78. The van der Waals surface area contributed by atoms with Crippen molar-refractivity contribution in [1.29, 1.82) is 0 Å². The molecule has 0 saturated heterocycles. The average molecular weight is 484 g/mol. The molecule has 0 unspecified atom stereocenters. The van der Waals surface area contributed by atoms with E-state index in [1.54, 1.807) is 36.7 Å². The Morgan fingerprint density at radius 1 is 1.00 bits per heavy atom. The van der Waals surface area contributed by atoms with Gasteiger partial charge < -0.3 is 9.84 Å². The Balaban J connectivity index is 1.43. The van der Waals surface area contributed by atoms with Crippen LogP contribution in [0.15, 0.2) is 82.5 Å². The maximum atomic E-state index is 12.8. The van der Waals surface area contributed by atoms with E-state index >= 15 is 0 Å². The molecule has 2 N–H and O–H groups in total. The van der Waals surface area contributed by atoms with Crippen molar-refractivity contribution in [3.63, 3.8) is 0 Å². The fourth-order valence-electron chi connectivity index (χ4n) is 2.91. The predicted molar refractivity (Wildman–Crippen MR) is 121 cm³/mol. The average Bonchev–Trinajstić information content (AvgIpc) is 3.32. The van der Waals surface area contributed by atoms with Crippen LogP contribution >= 0.6 is 11.6 Å². The summed E-state index contributed by atoms with van der Waals surface area (Å²) in [7, 11) is -3.95. The number of benzene rings is 2. The van der Waals surface area contributed by atoms with Crippen molar-refractivity contribution in [3.05, 3.63) is 95.1 Å². The molecule has 2 heterocycles. The smallest absolute Gasteiger partial charge is 0.251 e. The summed E-state index contributed by atoms with van der Waals surface area (Å²) in [5, 5.41) is 6.51. The highest BCUT2D eigenvalue weighted by molar-refractivity contribution is 7.89. The fourth-order valence-corrected chi connectivity index (χ4v) is 4.45. The number of rotatable bonds is 8. The number of halogens is 1. The van der Waals surface area contributed by atoms with E-state index < -0.39 is 15.9 Å². The summed E-state index contributed by atoms with van der Waals surface area (Å²) < 4.78 is 33.2. The molecular formula is C22H18ClN5O4S. The van der Waals surface area contributed by atoms with Crippen LogP contribution in [0.1, 0.15) is 21.8 Å². The highest BCUT2D eigenvalue weighted by atomic mass is 35.5. The molecule has 33 heavy (non-hydrogen) atoms. The SMILES string of the molecule is O=C(NCc1nc(-c2ccncc2)no1)c1ccc(Cl)c(S(=O)(=O)NCc2ccccc2)c1. The molecule has 4 rings (SSSR count). The molecule has 0 aliphatic rings. The third kappa shape index (κ3) is 5.61. The van der Waals surface area contributed by atoms with Gasteiger partial charge in [-0.3, -0.25) is 9.78 Å². The van der Waals surface area contributed by atoms with E-state index in [0.29, 0.717) is 5.82 Å². The van der Waals surface area contributed by atoms with Crippen LogP contribution < -0.4 is 10.0 Å². The van der Waals surface area contributed by atoms with Gasteiger partial charge in [0.15, 0.2) is 0 Å². The minimum atomic E-state index is -3.95. The molecule has 0 spiro atoms. The van der Waals surface area contributed by atoms with E-state index in [1.165, 1.54) is 18.2 Å². The van der Waals surface area contributed by atoms with E-state index in [1.807, 2.05) is 18.2 Å². The fraction of sp³-hybridized carbons (Fsp3) is 0.0909. The molecule has 0 aliphatic heterocycles. The molecule has 4 aromatic rings. The van der Waals surface area contributed by atoms with Crippen LogP contribution in [0.25, 0.3) is 11.4 Å². The number of carbonyl (C=O) groups excluding carboxylic acids is 1. The Morgan fingerprint density at radius 3 is 2.52 bits per heavy atom. The van der Waals surface area contributed by atoms with Crippen LogP contribution in [0, 0.1) is 0 Å².